The summed E-state index contributed by atoms with van der Waals surface area (Å²) in [6, 6.07) is 0. The highest BCUT2D eigenvalue weighted by Crippen LogP contribution is 2.12. The van der Waals surface area contributed by atoms with Gasteiger partial charge < -0.3 is 4.74 Å². The Morgan fingerprint density at radius 3 is 2.67 bits per heavy atom. The Morgan fingerprint density at radius 1 is 1.58 bits per heavy atom. The number of carbonyl (C=O) groups excluding carboxylic acids is 1. The summed E-state index contributed by atoms with van der Waals surface area (Å²) in [6.07, 6.45) is 4.41. The van der Waals surface area contributed by atoms with Crippen molar-refractivity contribution in [1.29, 1.82) is 0 Å². The highest BCUT2D eigenvalue weighted by atomic mass is 16.5. The molecule has 1 atom stereocenters. The molecule has 0 amide bonds. The van der Waals surface area contributed by atoms with E-state index < -0.39 is 0 Å². The summed E-state index contributed by atoms with van der Waals surface area (Å²) < 4.78 is 4.94. The molecule has 0 heterocycles. The molecule has 0 aliphatic heterocycles. The summed E-state index contributed by atoms with van der Waals surface area (Å²) in [5.74, 6) is -0.00537. The molecule has 0 aliphatic rings. The van der Waals surface area contributed by atoms with E-state index in [0.29, 0.717) is 6.61 Å². The number of rotatable bonds is 6. The van der Waals surface area contributed by atoms with E-state index in [4.69, 9.17) is 4.74 Å². The lowest BCUT2D eigenvalue weighted by Crippen LogP contribution is -2.16. The van der Waals surface area contributed by atoms with Crippen LogP contribution in [0.3, 0.4) is 0 Å². The van der Waals surface area contributed by atoms with Crippen LogP contribution in [0.5, 0.6) is 0 Å². The Labute approximate surface area is 74.6 Å². The summed E-state index contributed by atoms with van der Waals surface area (Å²) in [4.78, 5) is 11.3. The average Bonchev–Trinajstić information content (AvgIpc) is 2.10. The van der Waals surface area contributed by atoms with Crippen LogP contribution in [0.15, 0.2) is 12.7 Å². The largest absolute Gasteiger partial charge is 0.461 e. The smallest absolute Gasteiger partial charge is 0.309 e. The van der Waals surface area contributed by atoms with Crippen LogP contribution in [0, 0.1) is 5.92 Å². The summed E-state index contributed by atoms with van der Waals surface area (Å²) in [7, 11) is 0. The van der Waals surface area contributed by atoms with Gasteiger partial charge in [-0.15, -0.1) is 0 Å². The maximum Gasteiger partial charge on any atom is 0.309 e. The van der Waals surface area contributed by atoms with Gasteiger partial charge in [0.25, 0.3) is 0 Å². The zero-order valence-corrected chi connectivity index (χ0v) is 8.01. The lowest BCUT2D eigenvalue weighted by Gasteiger charge is -2.11. The van der Waals surface area contributed by atoms with Gasteiger partial charge in [0, 0.05) is 0 Å². The van der Waals surface area contributed by atoms with Gasteiger partial charge in [0.15, 0.2) is 0 Å². The molecule has 12 heavy (non-hydrogen) atoms. The topological polar surface area (TPSA) is 26.3 Å². The van der Waals surface area contributed by atoms with Gasteiger partial charge in [-0.25, -0.2) is 0 Å². The zero-order chi connectivity index (χ0) is 9.40. The third-order valence-corrected chi connectivity index (χ3v) is 1.81. The maximum absolute atomic E-state index is 11.3. The first-order chi connectivity index (χ1) is 5.76. The van der Waals surface area contributed by atoms with Crippen molar-refractivity contribution >= 4 is 5.97 Å². The number of esters is 1. The molecule has 0 saturated carbocycles. The molecule has 1 unspecified atom stereocenters. The lowest BCUT2D eigenvalue weighted by molar-refractivity contribution is -0.147. The van der Waals surface area contributed by atoms with Crippen molar-refractivity contribution in [3.8, 4) is 0 Å². The minimum atomic E-state index is -0.0840. The Bertz CT molecular complexity index is 141. The van der Waals surface area contributed by atoms with Crippen LogP contribution in [-0.4, -0.2) is 12.6 Å². The molecular weight excluding hydrogens is 152 g/mol. The number of hydrogen-bond acceptors (Lipinski definition) is 2. The molecule has 0 radical (unpaired) electrons. The fourth-order valence-electron chi connectivity index (χ4n) is 1.10. The van der Waals surface area contributed by atoms with E-state index in [-0.39, 0.29) is 11.9 Å². The van der Waals surface area contributed by atoms with Gasteiger partial charge in [0.1, 0.15) is 6.61 Å². The summed E-state index contributed by atoms with van der Waals surface area (Å²) in [6.45, 7) is 7.90. The summed E-state index contributed by atoms with van der Waals surface area (Å²) in [5.41, 5.74) is 0. The highest BCUT2D eigenvalue weighted by Gasteiger charge is 2.15. The Morgan fingerprint density at radius 2 is 2.25 bits per heavy atom. The standard InChI is InChI=1S/C10H18O2/c1-4-7-9(6-3)10(11)12-8-5-2/h5,9H,2,4,6-8H2,1,3H3. The van der Waals surface area contributed by atoms with Crippen molar-refractivity contribution in [3.63, 3.8) is 0 Å². The predicted octanol–water partition coefficient (Wildman–Crippen LogP) is 2.54. The zero-order valence-electron chi connectivity index (χ0n) is 8.01. The van der Waals surface area contributed by atoms with Gasteiger partial charge in [-0.05, 0) is 12.8 Å². The molecule has 0 N–H and O–H groups in total. The molecule has 2 nitrogen and oxygen atoms in total. The number of carbonyl (C=O) groups is 1. The second-order valence-corrected chi connectivity index (χ2v) is 2.81. The van der Waals surface area contributed by atoms with Crippen LogP contribution in [-0.2, 0) is 9.53 Å². The van der Waals surface area contributed by atoms with E-state index in [1.807, 2.05) is 6.92 Å². The third-order valence-electron chi connectivity index (χ3n) is 1.81. The molecule has 0 rings (SSSR count). The van der Waals surface area contributed by atoms with E-state index in [1.165, 1.54) is 0 Å². The van der Waals surface area contributed by atoms with Crippen LogP contribution in [0.2, 0.25) is 0 Å². The van der Waals surface area contributed by atoms with Crippen LogP contribution < -0.4 is 0 Å². The molecule has 0 saturated heterocycles. The molecule has 0 aromatic heterocycles. The monoisotopic (exact) mass is 170 g/mol. The van der Waals surface area contributed by atoms with Gasteiger partial charge in [-0.1, -0.05) is 32.9 Å². The van der Waals surface area contributed by atoms with Crippen LogP contribution in [0.25, 0.3) is 0 Å². The summed E-state index contributed by atoms with van der Waals surface area (Å²) >= 11 is 0. The van der Waals surface area contributed by atoms with E-state index in [0.717, 1.165) is 19.3 Å². The Kier molecular flexibility index (Phi) is 6.44. The van der Waals surface area contributed by atoms with Crippen LogP contribution in [0.4, 0.5) is 0 Å². The molecule has 70 valence electrons. The number of hydrogen-bond donors (Lipinski definition) is 0. The van der Waals surface area contributed by atoms with Crippen LogP contribution in [0.1, 0.15) is 33.1 Å². The maximum atomic E-state index is 11.3. The summed E-state index contributed by atoms with van der Waals surface area (Å²) in [5, 5.41) is 0. The average molecular weight is 170 g/mol. The molecule has 0 bridgehead atoms. The lowest BCUT2D eigenvalue weighted by atomic mass is 10.0. The predicted molar refractivity (Wildman–Crippen MR) is 49.8 cm³/mol. The minimum Gasteiger partial charge on any atom is -0.461 e. The van der Waals surface area contributed by atoms with Gasteiger partial charge >= 0.3 is 5.97 Å². The molecule has 0 aromatic carbocycles. The van der Waals surface area contributed by atoms with Crippen molar-refractivity contribution in [2.45, 2.75) is 33.1 Å². The van der Waals surface area contributed by atoms with Crippen molar-refractivity contribution in [2.24, 2.45) is 5.92 Å². The first-order valence-electron chi connectivity index (χ1n) is 4.53. The Hall–Kier alpha value is -0.790. The highest BCUT2D eigenvalue weighted by molar-refractivity contribution is 5.72. The normalized spacial score (nSPS) is 12.2. The van der Waals surface area contributed by atoms with Gasteiger partial charge in [0.05, 0.1) is 5.92 Å². The van der Waals surface area contributed by atoms with E-state index in [2.05, 4.69) is 13.5 Å². The molecular formula is C10H18O2. The van der Waals surface area contributed by atoms with E-state index >= 15 is 0 Å². The van der Waals surface area contributed by atoms with Crippen molar-refractivity contribution in [1.82, 2.24) is 0 Å². The fraction of sp³-hybridized carbons (Fsp3) is 0.700. The first-order valence-corrected chi connectivity index (χ1v) is 4.53. The van der Waals surface area contributed by atoms with Crippen LogP contribution >= 0.6 is 0 Å². The Balaban J connectivity index is 3.76. The SMILES string of the molecule is C=CCOC(=O)C(CC)CCC. The quantitative estimate of drug-likeness (QED) is 0.452. The van der Waals surface area contributed by atoms with Crippen molar-refractivity contribution in [2.75, 3.05) is 6.61 Å². The fourth-order valence-corrected chi connectivity index (χ4v) is 1.10. The minimum absolute atomic E-state index is 0.0787. The molecule has 0 spiro atoms. The molecule has 0 aromatic rings. The molecule has 0 aliphatic carbocycles. The van der Waals surface area contributed by atoms with Gasteiger partial charge in [-0.2, -0.15) is 0 Å². The second-order valence-electron chi connectivity index (χ2n) is 2.81. The van der Waals surface area contributed by atoms with Gasteiger partial charge in [-0.3, -0.25) is 4.79 Å². The third kappa shape index (κ3) is 4.16. The molecule has 0 fully saturated rings. The van der Waals surface area contributed by atoms with E-state index in [1.54, 1.807) is 6.08 Å². The van der Waals surface area contributed by atoms with E-state index in [9.17, 15) is 4.79 Å². The van der Waals surface area contributed by atoms with Gasteiger partial charge in [0.2, 0.25) is 0 Å². The van der Waals surface area contributed by atoms with Crippen molar-refractivity contribution in [3.05, 3.63) is 12.7 Å². The van der Waals surface area contributed by atoms with Crippen molar-refractivity contribution < 1.29 is 9.53 Å². The first kappa shape index (κ1) is 11.2. The second kappa shape index (κ2) is 6.89. The number of ether oxygens (including phenoxy) is 1. The molecule has 2 heteroatoms.